The largest absolute Gasteiger partial charge is 0.454 e. The molecule has 1 saturated heterocycles. The van der Waals surface area contributed by atoms with Gasteiger partial charge < -0.3 is 14.8 Å². The van der Waals surface area contributed by atoms with Crippen molar-refractivity contribution in [1.82, 2.24) is 10.2 Å². The van der Waals surface area contributed by atoms with Crippen LogP contribution in [-0.4, -0.2) is 37.2 Å². The minimum absolute atomic E-state index is 0.114. The molecule has 0 aliphatic carbocycles. The Balaban J connectivity index is 1.39. The van der Waals surface area contributed by atoms with Crippen molar-refractivity contribution in [2.45, 2.75) is 31.7 Å². The highest BCUT2D eigenvalue weighted by Crippen LogP contribution is 2.36. The Bertz CT molecular complexity index is 742. The molecule has 1 atom stereocenters. The molecule has 0 bridgehead atoms. The zero-order chi connectivity index (χ0) is 17.8. The van der Waals surface area contributed by atoms with Gasteiger partial charge in [-0.2, -0.15) is 0 Å². The molecule has 4 rings (SSSR count). The van der Waals surface area contributed by atoms with Gasteiger partial charge in [0.15, 0.2) is 11.5 Å². The second-order valence-corrected chi connectivity index (χ2v) is 7.79. The molecule has 1 N–H and O–H groups in total. The van der Waals surface area contributed by atoms with E-state index < -0.39 is 0 Å². The summed E-state index contributed by atoms with van der Waals surface area (Å²) in [6.45, 7) is 3.06. The van der Waals surface area contributed by atoms with Crippen molar-refractivity contribution >= 4 is 17.2 Å². The highest BCUT2D eigenvalue weighted by atomic mass is 32.1. The fourth-order valence-electron chi connectivity index (χ4n) is 3.62. The van der Waals surface area contributed by atoms with Gasteiger partial charge in [-0.05, 0) is 61.5 Å². The van der Waals surface area contributed by atoms with Gasteiger partial charge in [0, 0.05) is 17.8 Å². The highest BCUT2D eigenvalue weighted by molar-refractivity contribution is 7.09. The number of rotatable bonds is 7. The summed E-state index contributed by atoms with van der Waals surface area (Å²) in [7, 11) is 0. The van der Waals surface area contributed by atoms with Crippen LogP contribution in [0.5, 0.6) is 11.5 Å². The van der Waals surface area contributed by atoms with Gasteiger partial charge in [0.2, 0.25) is 12.7 Å². The number of nitrogens with zero attached hydrogens (tertiary/aromatic N) is 1. The number of amides is 1. The molecule has 1 aromatic heterocycles. The van der Waals surface area contributed by atoms with Gasteiger partial charge in [0.1, 0.15) is 0 Å². The lowest BCUT2D eigenvalue weighted by atomic mass is 10.0. The summed E-state index contributed by atoms with van der Waals surface area (Å²) < 4.78 is 11.0. The number of thiophene rings is 1. The molecule has 0 radical (unpaired) electrons. The van der Waals surface area contributed by atoms with Gasteiger partial charge in [0.25, 0.3) is 0 Å². The monoisotopic (exact) mass is 372 g/mol. The van der Waals surface area contributed by atoms with E-state index >= 15 is 0 Å². The van der Waals surface area contributed by atoms with Gasteiger partial charge in [-0.1, -0.05) is 12.1 Å². The van der Waals surface area contributed by atoms with E-state index in [0.717, 1.165) is 31.0 Å². The van der Waals surface area contributed by atoms with Gasteiger partial charge in [-0.15, -0.1) is 11.3 Å². The number of benzene rings is 1. The molecule has 5 nitrogen and oxygen atoms in total. The van der Waals surface area contributed by atoms with E-state index in [9.17, 15) is 4.79 Å². The van der Waals surface area contributed by atoms with Crippen molar-refractivity contribution in [3.8, 4) is 11.5 Å². The Hall–Kier alpha value is -2.05. The number of hydrogen-bond donors (Lipinski definition) is 1. The van der Waals surface area contributed by atoms with Gasteiger partial charge in [0.05, 0.1) is 6.04 Å². The molecule has 0 spiro atoms. The molecule has 1 unspecified atom stereocenters. The molecule has 138 valence electrons. The van der Waals surface area contributed by atoms with E-state index in [1.165, 1.54) is 23.3 Å². The SMILES string of the molecule is O=C(CCc1cccs1)NCC(c1ccc2c(c1)OCO2)N1CCCC1. The fourth-order valence-corrected chi connectivity index (χ4v) is 4.33. The molecule has 1 aromatic carbocycles. The van der Waals surface area contributed by atoms with Crippen molar-refractivity contribution in [3.63, 3.8) is 0 Å². The number of likely N-dealkylation sites (tertiary alicyclic amines) is 1. The summed E-state index contributed by atoms with van der Waals surface area (Å²) in [4.78, 5) is 16.0. The van der Waals surface area contributed by atoms with Crippen LogP contribution in [0.2, 0.25) is 0 Å². The molecule has 2 aliphatic heterocycles. The first-order chi connectivity index (χ1) is 12.8. The lowest BCUT2D eigenvalue weighted by Gasteiger charge is -2.28. The van der Waals surface area contributed by atoms with Crippen LogP contribution in [0.1, 0.15) is 35.7 Å². The molecular weight excluding hydrogens is 348 g/mol. The van der Waals surface area contributed by atoms with Crippen molar-refractivity contribution in [1.29, 1.82) is 0 Å². The van der Waals surface area contributed by atoms with Crippen LogP contribution in [0.3, 0.4) is 0 Å². The lowest BCUT2D eigenvalue weighted by Crippen LogP contribution is -2.36. The standard InChI is InChI=1S/C20H24N2O3S/c23-20(8-6-16-4-3-11-26-16)21-13-17(22-9-1-2-10-22)15-5-7-18-19(12-15)25-14-24-18/h3-5,7,11-12,17H,1-2,6,8-10,13-14H2,(H,21,23). The maximum atomic E-state index is 12.3. The molecule has 0 saturated carbocycles. The Labute approximate surface area is 157 Å². The first-order valence-electron chi connectivity index (χ1n) is 9.22. The number of aryl methyl sites for hydroxylation is 1. The first-order valence-corrected chi connectivity index (χ1v) is 10.1. The third-order valence-corrected chi connectivity index (χ3v) is 5.97. The summed E-state index contributed by atoms with van der Waals surface area (Å²) in [5.74, 6) is 1.72. The summed E-state index contributed by atoms with van der Waals surface area (Å²) >= 11 is 1.70. The van der Waals surface area contributed by atoms with Crippen molar-refractivity contribution in [2.75, 3.05) is 26.4 Å². The number of ether oxygens (including phenoxy) is 2. The van der Waals surface area contributed by atoms with Crippen LogP contribution in [-0.2, 0) is 11.2 Å². The lowest BCUT2D eigenvalue weighted by molar-refractivity contribution is -0.121. The Morgan fingerprint density at radius 3 is 2.85 bits per heavy atom. The molecule has 26 heavy (non-hydrogen) atoms. The van der Waals surface area contributed by atoms with E-state index in [4.69, 9.17) is 9.47 Å². The Morgan fingerprint density at radius 2 is 2.04 bits per heavy atom. The van der Waals surface area contributed by atoms with Crippen molar-refractivity contribution in [3.05, 3.63) is 46.2 Å². The molecule has 1 amide bonds. The number of fused-ring (bicyclic) bond motifs is 1. The predicted octanol–water partition coefficient (Wildman–Crippen LogP) is 3.36. The quantitative estimate of drug-likeness (QED) is 0.810. The van der Waals surface area contributed by atoms with E-state index in [1.807, 2.05) is 12.1 Å². The van der Waals surface area contributed by atoms with Crippen LogP contribution in [0.15, 0.2) is 35.7 Å². The van der Waals surface area contributed by atoms with Gasteiger partial charge >= 0.3 is 0 Å². The third-order valence-electron chi connectivity index (χ3n) is 5.03. The molecular formula is C20H24N2O3S. The normalized spacial score (nSPS) is 17.4. The summed E-state index contributed by atoms with van der Waals surface area (Å²) in [6.07, 6.45) is 3.77. The molecule has 1 fully saturated rings. The minimum Gasteiger partial charge on any atom is -0.454 e. The van der Waals surface area contributed by atoms with Crippen molar-refractivity contribution < 1.29 is 14.3 Å². The number of carbonyl (C=O) groups excluding carboxylic acids is 1. The average Bonchev–Trinajstić information content (AvgIpc) is 3.41. The van der Waals surface area contributed by atoms with Crippen molar-refractivity contribution in [2.24, 2.45) is 0 Å². The van der Waals surface area contributed by atoms with Crippen LogP contribution in [0.25, 0.3) is 0 Å². The van der Waals surface area contributed by atoms with Crippen LogP contribution < -0.4 is 14.8 Å². The van der Waals surface area contributed by atoms with Gasteiger partial charge in [-0.3, -0.25) is 9.69 Å². The maximum Gasteiger partial charge on any atom is 0.231 e. The highest BCUT2D eigenvalue weighted by Gasteiger charge is 2.26. The topological polar surface area (TPSA) is 50.8 Å². The van der Waals surface area contributed by atoms with E-state index in [-0.39, 0.29) is 18.7 Å². The summed E-state index contributed by atoms with van der Waals surface area (Å²) in [5, 5.41) is 5.19. The second-order valence-electron chi connectivity index (χ2n) is 6.76. The first kappa shape index (κ1) is 17.4. The molecule has 3 heterocycles. The van der Waals surface area contributed by atoms with Crippen LogP contribution >= 0.6 is 11.3 Å². The van der Waals surface area contributed by atoms with E-state index in [0.29, 0.717) is 13.0 Å². The maximum absolute atomic E-state index is 12.3. The number of hydrogen-bond acceptors (Lipinski definition) is 5. The average molecular weight is 372 g/mol. The zero-order valence-corrected chi connectivity index (χ0v) is 15.6. The van der Waals surface area contributed by atoms with E-state index in [1.54, 1.807) is 11.3 Å². The number of carbonyl (C=O) groups is 1. The summed E-state index contributed by atoms with van der Waals surface area (Å²) in [5.41, 5.74) is 1.18. The second kappa shape index (κ2) is 8.10. The predicted molar refractivity (Wildman–Crippen MR) is 102 cm³/mol. The zero-order valence-electron chi connectivity index (χ0n) is 14.8. The van der Waals surface area contributed by atoms with Crippen LogP contribution in [0.4, 0.5) is 0 Å². The molecule has 2 aromatic rings. The molecule has 2 aliphatic rings. The molecule has 6 heteroatoms. The van der Waals surface area contributed by atoms with Crippen LogP contribution in [0, 0.1) is 0 Å². The smallest absolute Gasteiger partial charge is 0.231 e. The minimum atomic E-state index is 0.114. The van der Waals surface area contributed by atoms with E-state index in [2.05, 4.69) is 33.8 Å². The Morgan fingerprint density at radius 1 is 1.19 bits per heavy atom. The third kappa shape index (κ3) is 4.02. The summed E-state index contributed by atoms with van der Waals surface area (Å²) in [6, 6.07) is 10.4. The van der Waals surface area contributed by atoms with Gasteiger partial charge in [-0.25, -0.2) is 0 Å². The fraction of sp³-hybridized carbons (Fsp3) is 0.450. The number of nitrogens with one attached hydrogen (secondary N) is 1. The Kier molecular flexibility index (Phi) is 5.41.